The quantitative estimate of drug-likeness (QED) is 0.115. The lowest BCUT2D eigenvalue weighted by Crippen LogP contribution is -2.04. The van der Waals surface area contributed by atoms with Crippen molar-refractivity contribution in [3.8, 4) is 0 Å². The van der Waals surface area contributed by atoms with Crippen LogP contribution >= 0.6 is 0 Å². The van der Waals surface area contributed by atoms with Gasteiger partial charge in [-0.15, -0.1) is 0 Å². The maximum Gasteiger partial charge on any atom is 0.109 e. The van der Waals surface area contributed by atoms with Gasteiger partial charge in [-0.1, -0.05) is 167 Å². The van der Waals surface area contributed by atoms with Crippen LogP contribution in [0.1, 0.15) is 174 Å². The van der Waals surface area contributed by atoms with Gasteiger partial charge in [-0.05, 0) is 25.0 Å². The van der Waals surface area contributed by atoms with Crippen molar-refractivity contribution in [3.05, 3.63) is 30.1 Å². The number of rotatable bonds is 26. The number of unbranched alkanes of at least 4 members (excludes halogenated alkanes) is 22. The summed E-state index contributed by atoms with van der Waals surface area (Å²) in [4.78, 5) is 5.04. The maximum atomic E-state index is 5.04. The molecular weight excluding hydrogens is 448 g/mol. The summed E-state index contributed by atoms with van der Waals surface area (Å²) in [6.07, 6.45) is 35.0. The number of nitrogens with zero attached hydrogens (tertiary/aromatic N) is 2. The number of imidazole rings is 1. The fourth-order valence-corrected chi connectivity index (χ4v) is 5.80. The summed E-state index contributed by atoms with van der Waals surface area (Å²) in [5, 5.41) is 0. The zero-order valence-electron chi connectivity index (χ0n) is 25.1. The molecule has 2 nitrogen and oxygen atoms in total. The molecule has 0 radical (unpaired) electrons. The Morgan fingerprint density at radius 2 is 0.892 bits per heavy atom. The largest absolute Gasteiger partial charge is 0.328 e. The van der Waals surface area contributed by atoms with Gasteiger partial charge < -0.3 is 4.57 Å². The zero-order valence-corrected chi connectivity index (χ0v) is 25.1. The summed E-state index contributed by atoms with van der Waals surface area (Å²) in [5.74, 6) is 1.33. The second-order valence-corrected chi connectivity index (χ2v) is 11.7. The molecule has 0 fully saturated rings. The molecular formula is C35H62N2. The van der Waals surface area contributed by atoms with E-state index in [-0.39, 0.29) is 0 Å². The average Bonchev–Trinajstić information content (AvgIpc) is 3.27. The molecule has 2 rings (SSSR count). The van der Waals surface area contributed by atoms with Crippen molar-refractivity contribution in [3.63, 3.8) is 0 Å². The van der Waals surface area contributed by atoms with E-state index in [0.29, 0.717) is 0 Å². The fourth-order valence-electron chi connectivity index (χ4n) is 5.80. The van der Waals surface area contributed by atoms with E-state index in [4.69, 9.17) is 4.98 Å². The Morgan fingerprint density at radius 1 is 0.486 bits per heavy atom. The molecule has 0 aliphatic carbocycles. The van der Waals surface area contributed by atoms with Crippen molar-refractivity contribution in [2.75, 3.05) is 0 Å². The van der Waals surface area contributed by atoms with E-state index in [1.54, 1.807) is 0 Å². The molecule has 1 aromatic heterocycles. The van der Waals surface area contributed by atoms with E-state index < -0.39 is 0 Å². The van der Waals surface area contributed by atoms with Gasteiger partial charge in [0, 0.05) is 13.0 Å². The first kappa shape index (κ1) is 31.9. The lowest BCUT2D eigenvalue weighted by atomic mass is 10.0. The van der Waals surface area contributed by atoms with Gasteiger partial charge in [0.2, 0.25) is 0 Å². The Hall–Kier alpha value is -1.31. The van der Waals surface area contributed by atoms with Gasteiger partial charge in [0.25, 0.3) is 0 Å². The van der Waals surface area contributed by atoms with Crippen molar-refractivity contribution in [2.24, 2.45) is 0 Å². The van der Waals surface area contributed by atoms with Crippen molar-refractivity contribution in [2.45, 2.75) is 181 Å². The smallest absolute Gasteiger partial charge is 0.109 e. The highest BCUT2D eigenvalue weighted by Crippen LogP contribution is 2.20. The first-order valence-corrected chi connectivity index (χ1v) is 16.8. The van der Waals surface area contributed by atoms with E-state index in [2.05, 4.69) is 42.7 Å². The zero-order chi connectivity index (χ0) is 26.2. The standard InChI is InChI=1S/C35H62N2/c1-3-5-7-9-11-13-14-15-16-17-18-19-21-23-25-31-35-36-33-29-26-27-30-34(33)37(35)32-28-24-22-20-12-10-8-6-4-2/h26-27,29-30H,3-25,28,31-32H2,1-2H3. The number of aryl methyl sites for hydroxylation is 2. The molecule has 0 aliphatic rings. The third kappa shape index (κ3) is 15.0. The molecule has 0 spiro atoms. The summed E-state index contributed by atoms with van der Waals surface area (Å²) in [6.45, 7) is 5.75. The van der Waals surface area contributed by atoms with Crippen LogP contribution in [0.15, 0.2) is 24.3 Å². The van der Waals surface area contributed by atoms with Gasteiger partial charge >= 0.3 is 0 Å². The summed E-state index contributed by atoms with van der Waals surface area (Å²) in [7, 11) is 0. The van der Waals surface area contributed by atoms with E-state index >= 15 is 0 Å². The predicted octanol–water partition coefficient (Wildman–Crippen LogP) is 12.0. The molecule has 0 bridgehead atoms. The van der Waals surface area contributed by atoms with Gasteiger partial charge in [0.05, 0.1) is 11.0 Å². The number of hydrogen-bond donors (Lipinski definition) is 0. The Labute approximate surface area is 231 Å². The van der Waals surface area contributed by atoms with E-state index in [1.165, 1.54) is 171 Å². The molecule has 0 atom stereocenters. The minimum Gasteiger partial charge on any atom is -0.328 e. The van der Waals surface area contributed by atoms with Gasteiger partial charge in [-0.3, -0.25) is 0 Å². The highest BCUT2D eigenvalue weighted by molar-refractivity contribution is 5.75. The molecule has 0 amide bonds. The number of aromatic nitrogens is 2. The number of para-hydroxylation sites is 2. The highest BCUT2D eigenvalue weighted by atomic mass is 15.1. The van der Waals surface area contributed by atoms with E-state index in [9.17, 15) is 0 Å². The van der Waals surface area contributed by atoms with E-state index in [1.807, 2.05) is 0 Å². The first-order valence-electron chi connectivity index (χ1n) is 16.8. The Bertz CT molecular complexity index is 762. The lowest BCUT2D eigenvalue weighted by Gasteiger charge is -2.10. The number of fused-ring (bicyclic) bond motifs is 1. The normalized spacial score (nSPS) is 11.6. The van der Waals surface area contributed by atoms with Crippen molar-refractivity contribution in [1.82, 2.24) is 9.55 Å². The number of benzene rings is 1. The molecule has 2 aromatic rings. The monoisotopic (exact) mass is 510 g/mol. The third-order valence-electron chi connectivity index (χ3n) is 8.22. The van der Waals surface area contributed by atoms with Crippen LogP contribution in [0.4, 0.5) is 0 Å². The van der Waals surface area contributed by atoms with Crippen LogP contribution in [-0.2, 0) is 13.0 Å². The SMILES string of the molecule is CCCCCCCCCCCCCCCCCc1nc2ccccc2n1CCCCCCCCCCC. The second kappa shape index (κ2) is 22.7. The maximum absolute atomic E-state index is 5.04. The van der Waals surface area contributed by atoms with Crippen molar-refractivity contribution < 1.29 is 0 Å². The molecule has 212 valence electrons. The first-order chi connectivity index (χ1) is 18.4. The van der Waals surface area contributed by atoms with Crippen LogP contribution in [0.2, 0.25) is 0 Å². The molecule has 0 saturated heterocycles. The molecule has 0 N–H and O–H groups in total. The molecule has 1 aromatic carbocycles. The minimum atomic E-state index is 1.14. The summed E-state index contributed by atoms with van der Waals surface area (Å²) in [6, 6.07) is 8.77. The van der Waals surface area contributed by atoms with Crippen LogP contribution in [-0.4, -0.2) is 9.55 Å². The van der Waals surface area contributed by atoms with Crippen LogP contribution in [0.5, 0.6) is 0 Å². The summed E-state index contributed by atoms with van der Waals surface area (Å²) in [5.41, 5.74) is 2.53. The summed E-state index contributed by atoms with van der Waals surface area (Å²) < 4.78 is 2.54. The summed E-state index contributed by atoms with van der Waals surface area (Å²) >= 11 is 0. The van der Waals surface area contributed by atoms with E-state index in [0.717, 1.165) is 13.0 Å². The third-order valence-corrected chi connectivity index (χ3v) is 8.22. The van der Waals surface area contributed by atoms with Gasteiger partial charge in [0.1, 0.15) is 5.82 Å². The molecule has 0 saturated carbocycles. The Kier molecular flexibility index (Phi) is 19.5. The molecule has 0 unspecified atom stereocenters. The predicted molar refractivity (Wildman–Crippen MR) is 166 cm³/mol. The van der Waals surface area contributed by atoms with Crippen molar-refractivity contribution in [1.29, 1.82) is 0 Å². The average molecular weight is 511 g/mol. The second-order valence-electron chi connectivity index (χ2n) is 11.7. The van der Waals surface area contributed by atoms with Gasteiger partial charge in [0.15, 0.2) is 0 Å². The topological polar surface area (TPSA) is 17.8 Å². The van der Waals surface area contributed by atoms with Crippen LogP contribution < -0.4 is 0 Å². The molecule has 2 heteroatoms. The van der Waals surface area contributed by atoms with Crippen LogP contribution in [0, 0.1) is 0 Å². The van der Waals surface area contributed by atoms with Crippen LogP contribution in [0.25, 0.3) is 11.0 Å². The molecule has 0 aliphatic heterocycles. The Balaban J connectivity index is 1.53. The highest BCUT2D eigenvalue weighted by Gasteiger charge is 2.10. The lowest BCUT2D eigenvalue weighted by molar-refractivity contribution is 0.523. The molecule has 1 heterocycles. The molecule has 37 heavy (non-hydrogen) atoms. The van der Waals surface area contributed by atoms with Crippen molar-refractivity contribution >= 4 is 11.0 Å². The van der Waals surface area contributed by atoms with Gasteiger partial charge in [-0.2, -0.15) is 0 Å². The fraction of sp³-hybridized carbons (Fsp3) is 0.800. The number of hydrogen-bond acceptors (Lipinski definition) is 1. The minimum absolute atomic E-state index is 1.14. The van der Waals surface area contributed by atoms with Gasteiger partial charge in [-0.25, -0.2) is 4.98 Å². The Morgan fingerprint density at radius 3 is 1.38 bits per heavy atom. The van der Waals surface area contributed by atoms with Crippen LogP contribution in [0.3, 0.4) is 0 Å².